The van der Waals surface area contributed by atoms with E-state index < -0.39 is 27.1 Å². The molecule has 4 rings (SSSR count). The number of fused-ring (bicyclic) bond motifs is 1. The molecule has 10 heteroatoms. The van der Waals surface area contributed by atoms with Crippen molar-refractivity contribution in [1.82, 2.24) is 19.5 Å². The lowest BCUT2D eigenvalue weighted by atomic mass is 10.1. The van der Waals surface area contributed by atoms with Crippen molar-refractivity contribution in [3.05, 3.63) is 65.5 Å². The zero-order valence-electron chi connectivity index (χ0n) is 16.9. The van der Waals surface area contributed by atoms with Crippen molar-refractivity contribution in [1.29, 1.82) is 0 Å². The van der Waals surface area contributed by atoms with Crippen LogP contribution in [0.1, 0.15) is 30.7 Å². The van der Waals surface area contributed by atoms with E-state index in [1.54, 1.807) is 44.2 Å². The number of pyridine rings is 1. The Labute approximate surface area is 178 Å². The summed E-state index contributed by atoms with van der Waals surface area (Å²) in [6.45, 7) is 3.22. The van der Waals surface area contributed by atoms with E-state index >= 15 is 0 Å². The van der Waals surface area contributed by atoms with E-state index in [2.05, 4.69) is 14.8 Å². The summed E-state index contributed by atoms with van der Waals surface area (Å²) in [6, 6.07) is 11.0. The van der Waals surface area contributed by atoms with Crippen molar-refractivity contribution in [2.75, 3.05) is 0 Å². The maximum atomic E-state index is 13.3. The molecule has 164 valence electrons. The van der Waals surface area contributed by atoms with E-state index in [0.29, 0.717) is 24.2 Å². The molecule has 0 unspecified atom stereocenters. The lowest BCUT2D eigenvalue weighted by Gasteiger charge is -2.14. The fourth-order valence-corrected chi connectivity index (χ4v) is 4.50. The first-order valence-corrected chi connectivity index (χ1v) is 11.3. The molecule has 0 bridgehead atoms. The van der Waals surface area contributed by atoms with Gasteiger partial charge in [0.15, 0.2) is 5.69 Å². The number of benzene rings is 1. The molecule has 2 aromatic heterocycles. The number of hydrogen-bond acceptors (Lipinski definition) is 4. The Balaban J connectivity index is 1.70. The van der Waals surface area contributed by atoms with Gasteiger partial charge in [-0.05, 0) is 68.1 Å². The molecule has 6 nitrogen and oxygen atoms in total. The molecular formula is C21H21F3N4O2S. The summed E-state index contributed by atoms with van der Waals surface area (Å²) in [5, 5.41) is 3.25. The van der Waals surface area contributed by atoms with E-state index in [4.69, 9.17) is 0 Å². The Hall–Kier alpha value is -2.72. The van der Waals surface area contributed by atoms with E-state index in [0.717, 1.165) is 17.2 Å². The smallest absolute Gasteiger partial charge is 0.255 e. The Morgan fingerprint density at radius 2 is 1.84 bits per heavy atom. The van der Waals surface area contributed by atoms with Gasteiger partial charge in [0.25, 0.3) is 0 Å². The molecule has 1 N–H and O–H groups in total. The summed E-state index contributed by atoms with van der Waals surface area (Å²) >= 11 is 0. The standard InChI is InChI=1S/C21H21F3N4O2S/c1-13(2)31(29,30)27-16-9-14-6-7-17(11-15(14)10-16)28-19(18-5-3-4-8-25-18)12-20(26-28)21(22,23)24/h3-8,11-13,16,27H,9-10H2,1-2H3/t16-/m1/s1. The van der Waals surface area contributed by atoms with Crippen molar-refractivity contribution in [2.24, 2.45) is 0 Å². The minimum Gasteiger partial charge on any atom is -0.255 e. The minimum absolute atomic E-state index is 0.225. The zero-order chi connectivity index (χ0) is 22.4. The van der Waals surface area contributed by atoms with Gasteiger partial charge >= 0.3 is 6.18 Å². The fourth-order valence-electron chi connectivity index (χ4n) is 3.60. The zero-order valence-corrected chi connectivity index (χ0v) is 17.7. The van der Waals surface area contributed by atoms with Gasteiger partial charge in [-0.25, -0.2) is 17.8 Å². The summed E-state index contributed by atoms with van der Waals surface area (Å²) in [7, 11) is -3.42. The normalized spacial score (nSPS) is 16.6. The maximum absolute atomic E-state index is 13.3. The predicted molar refractivity (Wildman–Crippen MR) is 110 cm³/mol. The number of aromatic nitrogens is 3. The highest BCUT2D eigenvalue weighted by molar-refractivity contribution is 7.90. The third-order valence-electron chi connectivity index (χ3n) is 5.25. The first-order valence-electron chi connectivity index (χ1n) is 9.76. The van der Waals surface area contributed by atoms with Crippen LogP contribution in [-0.2, 0) is 29.0 Å². The monoisotopic (exact) mass is 450 g/mol. The molecule has 0 saturated carbocycles. The summed E-state index contributed by atoms with van der Waals surface area (Å²) in [5.74, 6) is 0. The molecule has 1 aliphatic carbocycles. The van der Waals surface area contributed by atoms with Gasteiger partial charge in [0, 0.05) is 12.2 Å². The van der Waals surface area contributed by atoms with Crippen LogP contribution in [-0.4, -0.2) is 34.5 Å². The predicted octanol–water partition coefficient (Wildman–Crippen LogP) is 3.75. The highest BCUT2D eigenvalue weighted by atomic mass is 32.2. The van der Waals surface area contributed by atoms with Crippen LogP contribution in [0.5, 0.6) is 0 Å². The Morgan fingerprint density at radius 3 is 2.48 bits per heavy atom. The molecule has 31 heavy (non-hydrogen) atoms. The van der Waals surface area contributed by atoms with Crippen molar-refractivity contribution < 1.29 is 21.6 Å². The number of nitrogens with zero attached hydrogens (tertiary/aromatic N) is 3. The second kappa shape index (κ2) is 7.76. The molecule has 2 heterocycles. The molecule has 1 aliphatic rings. The lowest BCUT2D eigenvalue weighted by molar-refractivity contribution is -0.141. The van der Waals surface area contributed by atoms with Gasteiger partial charge in [-0.15, -0.1) is 0 Å². The molecule has 3 aromatic rings. The molecule has 1 atom stereocenters. The molecule has 0 amide bonds. The molecule has 0 saturated heterocycles. The molecule has 0 radical (unpaired) electrons. The molecule has 0 aliphatic heterocycles. The molecule has 1 aromatic carbocycles. The highest BCUT2D eigenvalue weighted by Gasteiger charge is 2.36. The lowest BCUT2D eigenvalue weighted by Crippen LogP contribution is -2.39. The number of hydrogen-bond donors (Lipinski definition) is 1. The number of nitrogens with one attached hydrogen (secondary N) is 1. The Kier molecular flexibility index (Phi) is 5.38. The highest BCUT2D eigenvalue weighted by Crippen LogP contribution is 2.33. The van der Waals surface area contributed by atoms with Gasteiger partial charge < -0.3 is 0 Å². The van der Waals surface area contributed by atoms with Gasteiger partial charge in [-0.1, -0.05) is 12.1 Å². The van der Waals surface area contributed by atoms with Crippen LogP contribution in [0.15, 0.2) is 48.7 Å². The van der Waals surface area contributed by atoms with Crippen LogP contribution < -0.4 is 4.72 Å². The van der Waals surface area contributed by atoms with Crippen molar-refractivity contribution >= 4 is 10.0 Å². The summed E-state index contributed by atoms with van der Waals surface area (Å²) in [6.07, 6.45) is -2.09. The second-order valence-electron chi connectivity index (χ2n) is 7.81. The molecule has 0 spiro atoms. The van der Waals surface area contributed by atoms with Crippen molar-refractivity contribution in [3.8, 4) is 17.1 Å². The average Bonchev–Trinajstić information content (AvgIpc) is 3.31. The second-order valence-corrected chi connectivity index (χ2v) is 10.1. The van der Waals surface area contributed by atoms with Gasteiger partial charge in [-0.2, -0.15) is 18.3 Å². The fraction of sp³-hybridized carbons (Fsp3) is 0.333. The molecular weight excluding hydrogens is 429 g/mol. The number of rotatable bonds is 5. The van der Waals surface area contributed by atoms with Crippen molar-refractivity contribution in [2.45, 2.75) is 44.2 Å². The first kappa shape index (κ1) is 21.5. The van der Waals surface area contributed by atoms with Crippen LogP contribution in [0, 0.1) is 0 Å². The maximum Gasteiger partial charge on any atom is 0.435 e. The largest absolute Gasteiger partial charge is 0.435 e. The van der Waals surface area contributed by atoms with Crippen LogP contribution in [0.3, 0.4) is 0 Å². The number of halogens is 3. The molecule has 0 fully saturated rings. The average molecular weight is 450 g/mol. The Bertz CT molecular complexity index is 1210. The topological polar surface area (TPSA) is 76.9 Å². The van der Waals surface area contributed by atoms with E-state index in [9.17, 15) is 21.6 Å². The first-order chi connectivity index (χ1) is 14.5. The summed E-state index contributed by atoms with van der Waals surface area (Å²) < 4.78 is 68.4. The van der Waals surface area contributed by atoms with Gasteiger partial charge in [0.05, 0.1) is 22.3 Å². The van der Waals surface area contributed by atoms with E-state index in [1.165, 1.54) is 10.9 Å². The third-order valence-corrected chi connectivity index (χ3v) is 7.15. The third kappa shape index (κ3) is 4.35. The summed E-state index contributed by atoms with van der Waals surface area (Å²) in [5.41, 5.74) is 1.89. The quantitative estimate of drug-likeness (QED) is 0.642. The van der Waals surface area contributed by atoms with Crippen LogP contribution in [0.4, 0.5) is 13.2 Å². The number of sulfonamides is 1. The van der Waals surface area contributed by atoms with Gasteiger partial charge in [-0.3, -0.25) is 4.98 Å². The van der Waals surface area contributed by atoms with Crippen molar-refractivity contribution in [3.63, 3.8) is 0 Å². The Morgan fingerprint density at radius 1 is 1.10 bits per heavy atom. The summed E-state index contributed by atoms with van der Waals surface area (Å²) in [4.78, 5) is 4.17. The minimum atomic E-state index is -4.59. The van der Waals surface area contributed by atoms with Gasteiger partial charge in [0.2, 0.25) is 10.0 Å². The number of alkyl halides is 3. The van der Waals surface area contributed by atoms with Crippen LogP contribution in [0.25, 0.3) is 17.1 Å². The van der Waals surface area contributed by atoms with Crippen LogP contribution >= 0.6 is 0 Å². The van der Waals surface area contributed by atoms with E-state index in [1.807, 2.05) is 6.07 Å². The SMILES string of the molecule is CC(C)S(=O)(=O)N[C@@H]1Cc2ccc(-n3nc(C(F)(F)F)cc3-c3ccccn3)cc2C1. The van der Waals surface area contributed by atoms with Gasteiger partial charge in [0.1, 0.15) is 0 Å². The van der Waals surface area contributed by atoms with Crippen LogP contribution in [0.2, 0.25) is 0 Å². The van der Waals surface area contributed by atoms with E-state index in [-0.39, 0.29) is 11.7 Å².